The van der Waals surface area contributed by atoms with E-state index in [1.54, 1.807) is 11.3 Å². The molecule has 0 aliphatic carbocycles. The summed E-state index contributed by atoms with van der Waals surface area (Å²) in [6.45, 7) is 11.0. The molecule has 2 aliphatic heterocycles. The lowest BCUT2D eigenvalue weighted by molar-refractivity contribution is 0.0331. The zero-order valence-electron chi connectivity index (χ0n) is 13.3. The lowest BCUT2D eigenvalue weighted by Gasteiger charge is -2.33. The van der Waals surface area contributed by atoms with Crippen molar-refractivity contribution in [3.05, 3.63) is 16.3 Å². The van der Waals surface area contributed by atoms with Crippen LogP contribution in [0.3, 0.4) is 0 Å². The number of fused-ring (bicyclic) bond motifs is 1. The maximum Gasteiger partial charge on any atom is 0.146 e. The van der Waals surface area contributed by atoms with E-state index in [0.29, 0.717) is 0 Å². The highest BCUT2D eigenvalue weighted by atomic mass is 32.1. The maximum absolute atomic E-state index is 5.43. The fraction of sp³-hybridized carbons (Fsp3) is 0.625. The summed E-state index contributed by atoms with van der Waals surface area (Å²) in [7, 11) is 0. The molecular weight excluding hydrogens is 296 g/mol. The lowest BCUT2D eigenvalue weighted by atomic mass is 10.1. The lowest BCUT2D eigenvalue weighted by Crippen LogP contribution is -2.39. The highest BCUT2D eigenvalue weighted by molar-refractivity contribution is 7.18. The van der Waals surface area contributed by atoms with Crippen molar-refractivity contribution in [2.75, 3.05) is 44.3 Å². The molecule has 4 heterocycles. The number of aryl methyl sites for hydroxylation is 2. The fourth-order valence-electron chi connectivity index (χ4n) is 3.06. The molecule has 0 amide bonds. The van der Waals surface area contributed by atoms with Crippen molar-refractivity contribution >= 4 is 27.4 Å². The standard InChI is InChI=1S/C16H22N4OS/c1-11-12(2)22-16-14(11)15(20-4-3-5-20)17-13(18-16)10-19-6-8-21-9-7-19/h3-10H2,1-2H3. The van der Waals surface area contributed by atoms with Crippen LogP contribution in [0.15, 0.2) is 0 Å². The molecule has 0 unspecified atom stereocenters. The van der Waals surface area contributed by atoms with Crippen LogP contribution in [0.2, 0.25) is 0 Å². The summed E-state index contributed by atoms with van der Waals surface area (Å²) in [5, 5.41) is 1.27. The van der Waals surface area contributed by atoms with E-state index in [4.69, 9.17) is 14.7 Å². The van der Waals surface area contributed by atoms with Crippen molar-refractivity contribution in [2.24, 2.45) is 0 Å². The molecule has 2 fully saturated rings. The number of hydrogen-bond donors (Lipinski definition) is 0. The molecular formula is C16H22N4OS. The molecule has 5 nitrogen and oxygen atoms in total. The second-order valence-electron chi connectivity index (χ2n) is 6.16. The number of rotatable bonds is 3. The van der Waals surface area contributed by atoms with Crippen LogP contribution in [0, 0.1) is 13.8 Å². The Morgan fingerprint density at radius 3 is 2.55 bits per heavy atom. The topological polar surface area (TPSA) is 41.5 Å². The summed E-state index contributed by atoms with van der Waals surface area (Å²) < 4.78 is 5.43. The minimum atomic E-state index is 0.818. The Hall–Kier alpha value is -1.24. The maximum atomic E-state index is 5.43. The highest BCUT2D eigenvalue weighted by Gasteiger charge is 2.23. The van der Waals surface area contributed by atoms with Gasteiger partial charge < -0.3 is 9.64 Å². The van der Waals surface area contributed by atoms with Gasteiger partial charge in [0.1, 0.15) is 16.5 Å². The van der Waals surface area contributed by atoms with Gasteiger partial charge in [-0.25, -0.2) is 9.97 Å². The monoisotopic (exact) mass is 318 g/mol. The van der Waals surface area contributed by atoms with E-state index in [1.165, 1.54) is 22.2 Å². The van der Waals surface area contributed by atoms with Crippen molar-refractivity contribution in [3.8, 4) is 0 Å². The molecule has 4 rings (SSSR count). The average Bonchev–Trinajstić information content (AvgIpc) is 2.73. The Morgan fingerprint density at radius 1 is 1.09 bits per heavy atom. The van der Waals surface area contributed by atoms with E-state index in [0.717, 1.165) is 62.4 Å². The van der Waals surface area contributed by atoms with Gasteiger partial charge in [-0.1, -0.05) is 0 Å². The predicted molar refractivity (Wildman–Crippen MR) is 89.8 cm³/mol. The molecule has 2 aromatic rings. The molecule has 0 aromatic carbocycles. The summed E-state index contributed by atoms with van der Waals surface area (Å²) in [6, 6.07) is 0. The molecule has 2 aliphatic rings. The largest absolute Gasteiger partial charge is 0.379 e. The molecule has 2 aromatic heterocycles. The quantitative estimate of drug-likeness (QED) is 0.869. The zero-order valence-corrected chi connectivity index (χ0v) is 14.1. The molecule has 0 spiro atoms. The molecule has 0 radical (unpaired) electrons. The Balaban J connectivity index is 1.72. The van der Waals surface area contributed by atoms with E-state index in [1.807, 2.05) is 0 Å². The van der Waals surface area contributed by atoms with E-state index in [-0.39, 0.29) is 0 Å². The van der Waals surface area contributed by atoms with Crippen LogP contribution in [-0.4, -0.2) is 54.3 Å². The van der Waals surface area contributed by atoms with Gasteiger partial charge in [0.15, 0.2) is 0 Å². The number of anilines is 1. The number of nitrogens with zero attached hydrogens (tertiary/aromatic N) is 4. The van der Waals surface area contributed by atoms with Gasteiger partial charge in [0.25, 0.3) is 0 Å². The van der Waals surface area contributed by atoms with Crippen LogP contribution in [-0.2, 0) is 11.3 Å². The fourth-order valence-corrected chi connectivity index (χ4v) is 4.10. The third-order valence-corrected chi connectivity index (χ3v) is 5.78. The summed E-state index contributed by atoms with van der Waals surface area (Å²) in [6.07, 6.45) is 1.27. The Labute approximate surface area is 134 Å². The zero-order chi connectivity index (χ0) is 15.1. The second kappa shape index (κ2) is 5.76. The van der Waals surface area contributed by atoms with E-state index >= 15 is 0 Å². The van der Waals surface area contributed by atoms with Crippen LogP contribution in [0.25, 0.3) is 10.2 Å². The molecule has 0 bridgehead atoms. The van der Waals surface area contributed by atoms with E-state index in [9.17, 15) is 0 Å². The normalized spacial score (nSPS) is 19.6. The third kappa shape index (κ3) is 2.49. The Morgan fingerprint density at radius 2 is 1.86 bits per heavy atom. The molecule has 22 heavy (non-hydrogen) atoms. The minimum absolute atomic E-state index is 0.818. The van der Waals surface area contributed by atoms with Crippen LogP contribution in [0.5, 0.6) is 0 Å². The van der Waals surface area contributed by atoms with Crippen molar-refractivity contribution < 1.29 is 4.74 Å². The number of morpholine rings is 1. The Bertz CT molecular complexity index is 689. The van der Waals surface area contributed by atoms with Crippen LogP contribution in [0.1, 0.15) is 22.7 Å². The third-order valence-electron chi connectivity index (χ3n) is 4.68. The van der Waals surface area contributed by atoms with Gasteiger partial charge in [0.2, 0.25) is 0 Å². The smallest absolute Gasteiger partial charge is 0.146 e. The van der Waals surface area contributed by atoms with Crippen LogP contribution >= 0.6 is 11.3 Å². The van der Waals surface area contributed by atoms with E-state index in [2.05, 4.69) is 23.6 Å². The predicted octanol–water partition coefficient (Wildman–Crippen LogP) is 2.35. The molecule has 118 valence electrons. The van der Waals surface area contributed by atoms with Gasteiger partial charge in [0.05, 0.1) is 25.1 Å². The van der Waals surface area contributed by atoms with Gasteiger partial charge in [-0.2, -0.15) is 0 Å². The summed E-state index contributed by atoms with van der Waals surface area (Å²) in [5.74, 6) is 2.11. The van der Waals surface area contributed by atoms with Crippen molar-refractivity contribution in [1.29, 1.82) is 0 Å². The molecule has 6 heteroatoms. The van der Waals surface area contributed by atoms with E-state index < -0.39 is 0 Å². The van der Waals surface area contributed by atoms with Gasteiger partial charge in [0, 0.05) is 31.1 Å². The average molecular weight is 318 g/mol. The Kier molecular flexibility index (Phi) is 3.76. The first-order valence-corrected chi connectivity index (χ1v) is 8.85. The van der Waals surface area contributed by atoms with Gasteiger partial charge in [-0.3, -0.25) is 4.90 Å². The van der Waals surface area contributed by atoms with Crippen molar-refractivity contribution in [1.82, 2.24) is 14.9 Å². The molecule has 0 N–H and O–H groups in total. The van der Waals surface area contributed by atoms with Gasteiger partial charge in [-0.15, -0.1) is 11.3 Å². The molecule has 0 saturated carbocycles. The first-order chi connectivity index (χ1) is 10.7. The second-order valence-corrected chi connectivity index (χ2v) is 7.36. The van der Waals surface area contributed by atoms with Gasteiger partial charge >= 0.3 is 0 Å². The minimum Gasteiger partial charge on any atom is -0.379 e. The van der Waals surface area contributed by atoms with Gasteiger partial charge in [-0.05, 0) is 25.8 Å². The number of hydrogen-bond acceptors (Lipinski definition) is 6. The summed E-state index contributed by atoms with van der Waals surface area (Å²) in [4.78, 5) is 17.1. The number of ether oxygens (including phenoxy) is 1. The first kappa shape index (κ1) is 14.4. The SMILES string of the molecule is Cc1sc2nc(CN3CCOCC3)nc(N3CCC3)c2c1C. The van der Waals surface area contributed by atoms with Crippen molar-refractivity contribution in [3.63, 3.8) is 0 Å². The number of aromatic nitrogens is 2. The summed E-state index contributed by atoms with van der Waals surface area (Å²) in [5.41, 5.74) is 1.35. The first-order valence-electron chi connectivity index (χ1n) is 8.04. The molecule has 2 saturated heterocycles. The molecule has 0 atom stereocenters. The van der Waals surface area contributed by atoms with Crippen LogP contribution < -0.4 is 4.90 Å². The number of thiophene rings is 1. The summed E-state index contributed by atoms with van der Waals surface area (Å²) >= 11 is 1.80. The van der Waals surface area contributed by atoms with Crippen LogP contribution in [0.4, 0.5) is 5.82 Å². The van der Waals surface area contributed by atoms with Crippen molar-refractivity contribution in [2.45, 2.75) is 26.8 Å². The highest BCUT2D eigenvalue weighted by Crippen LogP contribution is 2.36.